The molecule has 0 spiro atoms. The summed E-state index contributed by atoms with van der Waals surface area (Å²) in [6.45, 7) is 5.48. The van der Waals surface area contributed by atoms with E-state index in [1.807, 2.05) is 26.8 Å². The maximum atomic E-state index is 12.1. The Labute approximate surface area is 120 Å². The molecule has 0 aliphatic heterocycles. The standard InChI is InChI=1S/C13H16ClNO3S/c1-6(7-4-5-8(14)19-7)15-11(16)9-10(12(17)18)13(9,2)3/h4-6,9-10H,1-3H3,(H,15,16)(H,17,18). The number of hydrogen-bond acceptors (Lipinski definition) is 3. The number of nitrogens with one attached hydrogen (secondary N) is 1. The van der Waals surface area contributed by atoms with Gasteiger partial charge in [-0.15, -0.1) is 11.3 Å². The zero-order valence-corrected chi connectivity index (χ0v) is 12.5. The average molecular weight is 302 g/mol. The van der Waals surface area contributed by atoms with E-state index in [1.165, 1.54) is 11.3 Å². The molecule has 1 amide bonds. The molecule has 19 heavy (non-hydrogen) atoms. The van der Waals surface area contributed by atoms with E-state index in [0.717, 1.165) is 4.88 Å². The van der Waals surface area contributed by atoms with Crippen LogP contribution in [0.5, 0.6) is 0 Å². The van der Waals surface area contributed by atoms with E-state index < -0.39 is 23.2 Å². The molecule has 4 nitrogen and oxygen atoms in total. The Morgan fingerprint density at radius 1 is 1.42 bits per heavy atom. The minimum atomic E-state index is -0.906. The van der Waals surface area contributed by atoms with Gasteiger partial charge in [0.25, 0.3) is 0 Å². The lowest BCUT2D eigenvalue weighted by Gasteiger charge is -2.12. The van der Waals surface area contributed by atoms with Gasteiger partial charge in [0.2, 0.25) is 5.91 Å². The molecule has 1 aliphatic carbocycles. The van der Waals surface area contributed by atoms with Crippen molar-refractivity contribution in [2.24, 2.45) is 17.3 Å². The summed E-state index contributed by atoms with van der Waals surface area (Å²) in [4.78, 5) is 24.1. The Hall–Kier alpha value is -1.07. The van der Waals surface area contributed by atoms with Gasteiger partial charge in [0.1, 0.15) is 0 Å². The van der Waals surface area contributed by atoms with Crippen molar-refractivity contribution in [2.45, 2.75) is 26.8 Å². The van der Waals surface area contributed by atoms with Crippen LogP contribution in [0.1, 0.15) is 31.7 Å². The lowest BCUT2D eigenvalue weighted by Crippen LogP contribution is -2.29. The first-order valence-electron chi connectivity index (χ1n) is 6.03. The molecule has 0 bridgehead atoms. The number of amides is 1. The fourth-order valence-electron chi connectivity index (χ4n) is 2.52. The third-order valence-electron chi connectivity index (χ3n) is 3.76. The largest absolute Gasteiger partial charge is 0.481 e. The maximum Gasteiger partial charge on any atom is 0.307 e. The highest BCUT2D eigenvalue weighted by molar-refractivity contribution is 7.16. The van der Waals surface area contributed by atoms with Crippen molar-refractivity contribution in [3.8, 4) is 0 Å². The van der Waals surface area contributed by atoms with Crippen molar-refractivity contribution in [1.82, 2.24) is 5.32 Å². The molecule has 0 radical (unpaired) electrons. The monoisotopic (exact) mass is 301 g/mol. The molecule has 2 rings (SSSR count). The van der Waals surface area contributed by atoms with Gasteiger partial charge in [-0.1, -0.05) is 25.4 Å². The van der Waals surface area contributed by atoms with Gasteiger partial charge < -0.3 is 10.4 Å². The molecule has 104 valence electrons. The SMILES string of the molecule is CC(NC(=O)C1C(C(=O)O)C1(C)C)c1ccc(Cl)s1. The Bertz CT molecular complexity index is 526. The van der Waals surface area contributed by atoms with Crippen LogP contribution in [-0.2, 0) is 9.59 Å². The molecule has 1 aliphatic rings. The van der Waals surface area contributed by atoms with Crippen LogP contribution in [0.25, 0.3) is 0 Å². The van der Waals surface area contributed by atoms with Crippen molar-refractivity contribution in [3.05, 3.63) is 21.3 Å². The minimum absolute atomic E-state index is 0.157. The summed E-state index contributed by atoms with van der Waals surface area (Å²) in [7, 11) is 0. The average Bonchev–Trinajstić information content (AvgIpc) is 2.65. The number of thiophene rings is 1. The molecule has 1 heterocycles. The first-order chi connectivity index (χ1) is 8.75. The van der Waals surface area contributed by atoms with Gasteiger partial charge in [-0.3, -0.25) is 9.59 Å². The Morgan fingerprint density at radius 2 is 2.05 bits per heavy atom. The summed E-state index contributed by atoms with van der Waals surface area (Å²) < 4.78 is 0.672. The van der Waals surface area contributed by atoms with Crippen molar-refractivity contribution in [1.29, 1.82) is 0 Å². The van der Waals surface area contributed by atoms with E-state index in [1.54, 1.807) is 6.07 Å². The number of halogens is 1. The molecular formula is C13H16ClNO3S. The molecule has 1 saturated carbocycles. The molecule has 0 aromatic carbocycles. The van der Waals surface area contributed by atoms with E-state index in [9.17, 15) is 9.59 Å². The predicted molar refractivity (Wildman–Crippen MR) is 74.3 cm³/mol. The summed E-state index contributed by atoms with van der Waals surface area (Å²) in [6, 6.07) is 3.49. The Morgan fingerprint density at radius 3 is 2.47 bits per heavy atom. The van der Waals surface area contributed by atoms with Crippen molar-refractivity contribution in [2.75, 3.05) is 0 Å². The second kappa shape index (κ2) is 4.80. The fourth-order valence-corrected chi connectivity index (χ4v) is 3.59. The van der Waals surface area contributed by atoms with Gasteiger partial charge in [0.05, 0.1) is 22.2 Å². The van der Waals surface area contributed by atoms with Crippen LogP contribution in [0.2, 0.25) is 4.34 Å². The van der Waals surface area contributed by atoms with Gasteiger partial charge in [0, 0.05) is 4.88 Å². The van der Waals surface area contributed by atoms with Gasteiger partial charge >= 0.3 is 5.97 Å². The zero-order valence-electron chi connectivity index (χ0n) is 10.9. The lowest BCUT2D eigenvalue weighted by molar-refractivity contribution is -0.140. The first-order valence-corrected chi connectivity index (χ1v) is 7.23. The van der Waals surface area contributed by atoms with Crippen LogP contribution >= 0.6 is 22.9 Å². The highest BCUT2D eigenvalue weighted by Crippen LogP contribution is 2.58. The van der Waals surface area contributed by atoms with Crippen LogP contribution in [0.15, 0.2) is 12.1 Å². The topological polar surface area (TPSA) is 66.4 Å². The number of carboxylic acids is 1. The van der Waals surface area contributed by atoms with E-state index in [4.69, 9.17) is 16.7 Å². The van der Waals surface area contributed by atoms with Crippen LogP contribution in [0, 0.1) is 17.3 Å². The normalized spacial score (nSPS) is 25.7. The van der Waals surface area contributed by atoms with Crippen LogP contribution in [-0.4, -0.2) is 17.0 Å². The highest BCUT2D eigenvalue weighted by atomic mass is 35.5. The van der Waals surface area contributed by atoms with Crippen molar-refractivity contribution < 1.29 is 14.7 Å². The number of carboxylic acid groups (broad SMARTS) is 1. The number of aliphatic carboxylic acids is 1. The third kappa shape index (κ3) is 2.62. The molecule has 3 atom stereocenters. The van der Waals surface area contributed by atoms with Gasteiger partial charge in [-0.05, 0) is 24.5 Å². The summed E-state index contributed by atoms with van der Waals surface area (Å²) in [5.74, 6) is -2.15. The summed E-state index contributed by atoms with van der Waals surface area (Å²) >= 11 is 7.27. The molecule has 6 heteroatoms. The van der Waals surface area contributed by atoms with Gasteiger partial charge in [-0.25, -0.2) is 0 Å². The minimum Gasteiger partial charge on any atom is -0.481 e. The number of rotatable bonds is 4. The van der Waals surface area contributed by atoms with Crippen LogP contribution in [0.3, 0.4) is 0 Å². The second-order valence-electron chi connectivity index (χ2n) is 5.49. The van der Waals surface area contributed by atoms with Crippen LogP contribution < -0.4 is 5.32 Å². The van der Waals surface area contributed by atoms with Crippen molar-refractivity contribution >= 4 is 34.8 Å². The number of carbonyl (C=O) groups is 2. The molecule has 1 fully saturated rings. The molecule has 1 aromatic heterocycles. The van der Waals surface area contributed by atoms with Gasteiger partial charge in [0.15, 0.2) is 0 Å². The Balaban J connectivity index is 2.01. The summed E-state index contributed by atoms with van der Waals surface area (Å²) in [5.41, 5.74) is -0.470. The van der Waals surface area contributed by atoms with Crippen LogP contribution in [0.4, 0.5) is 0 Å². The number of carbonyl (C=O) groups excluding carboxylic acids is 1. The fraction of sp³-hybridized carbons (Fsp3) is 0.538. The third-order valence-corrected chi connectivity index (χ3v) is 5.17. The van der Waals surface area contributed by atoms with E-state index in [2.05, 4.69) is 5.32 Å². The molecule has 3 unspecified atom stereocenters. The number of hydrogen-bond donors (Lipinski definition) is 2. The molecule has 0 saturated heterocycles. The molecule has 1 aromatic rings. The molecule has 2 N–H and O–H groups in total. The van der Waals surface area contributed by atoms with E-state index in [-0.39, 0.29) is 11.9 Å². The maximum absolute atomic E-state index is 12.1. The highest BCUT2D eigenvalue weighted by Gasteiger charge is 2.65. The predicted octanol–water partition coefficient (Wildman–Crippen LogP) is 2.94. The smallest absolute Gasteiger partial charge is 0.307 e. The Kier molecular flexibility index (Phi) is 3.62. The molecular weight excluding hydrogens is 286 g/mol. The van der Waals surface area contributed by atoms with E-state index >= 15 is 0 Å². The zero-order chi connectivity index (χ0) is 14.4. The quantitative estimate of drug-likeness (QED) is 0.898. The first kappa shape index (κ1) is 14.3. The van der Waals surface area contributed by atoms with Crippen molar-refractivity contribution in [3.63, 3.8) is 0 Å². The lowest BCUT2D eigenvalue weighted by atomic mass is 10.1. The van der Waals surface area contributed by atoms with E-state index in [0.29, 0.717) is 4.34 Å². The summed E-state index contributed by atoms with van der Waals surface area (Å²) in [5, 5.41) is 11.9. The second-order valence-corrected chi connectivity index (χ2v) is 7.23. The van der Waals surface area contributed by atoms with Gasteiger partial charge in [-0.2, -0.15) is 0 Å². The summed E-state index contributed by atoms with van der Waals surface area (Å²) in [6.07, 6.45) is 0.